The van der Waals surface area contributed by atoms with E-state index in [0.29, 0.717) is 0 Å². The van der Waals surface area contributed by atoms with Crippen molar-refractivity contribution in [1.29, 1.82) is 0 Å². The van der Waals surface area contributed by atoms with Crippen LogP contribution in [0.2, 0.25) is 0 Å². The van der Waals surface area contributed by atoms with E-state index in [2.05, 4.69) is 0 Å². The summed E-state index contributed by atoms with van der Waals surface area (Å²) in [6.07, 6.45) is 0. The van der Waals surface area contributed by atoms with Crippen molar-refractivity contribution in [3.63, 3.8) is 0 Å². The van der Waals surface area contributed by atoms with Gasteiger partial charge in [0, 0.05) is 0 Å². The van der Waals surface area contributed by atoms with Crippen LogP contribution in [-0.2, 0) is 5.11 Å². The quantitative estimate of drug-likeness (QED) is 0.561. The molecule has 7 heavy (non-hydrogen) atoms. The van der Waals surface area contributed by atoms with Crippen LogP contribution in [0.1, 0.15) is 0 Å². The van der Waals surface area contributed by atoms with E-state index in [1.54, 1.807) is 0 Å². The Kier molecular flexibility index (Phi) is 3.85. The molecule has 0 aromatic rings. The highest BCUT2D eigenvalue weighted by molar-refractivity contribution is 6.59. The van der Waals surface area contributed by atoms with E-state index in [1.165, 1.54) is 0 Å². The normalized spacial score (nSPS) is 8.57. The van der Waals surface area contributed by atoms with Gasteiger partial charge in [0.25, 0.3) is 0 Å². The molecule has 0 fully saturated rings. The van der Waals surface area contributed by atoms with Gasteiger partial charge in [0.05, 0.1) is 5.03 Å². The maximum atomic E-state index is 9.71. The summed E-state index contributed by atoms with van der Waals surface area (Å²) < 4.78 is -0.142. The molecule has 1 nitrogen and oxygen atoms in total. The Morgan fingerprint density at radius 2 is 1.71 bits per heavy atom. The molecule has 0 heterocycles. The first-order valence-corrected chi connectivity index (χ1v) is 2.59. The molecule has 1 radical (unpaired) electrons. The molecule has 0 atom stereocenters. The minimum Gasteiger partial charge on any atom is -0.230 e. The monoisotopic (exact) mass is 159 g/mol. The fourth-order valence-corrected chi connectivity index (χ4v) is 0.164. The second-order valence-corrected chi connectivity index (χ2v) is 2.22. The van der Waals surface area contributed by atoms with Crippen molar-refractivity contribution in [2.24, 2.45) is 0 Å². The van der Waals surface area contributed by atoms with Crippen LogP contribution in [0, 0.1) is 0 Å². The van der Waals surface area contributed by atoms with Crippen molar-refractivity contribution in [1.82, 2.24) is 0 Å². The molecule has 0 N–H and O–H groups in total. The zero-order chi connectivity index (χ0) is 5.86. The standard InChI is InChI=1S/C3H2Cl3O/c4-2(1-7)3(5)6/h1H2. The van der Waals surface area contributed by atoms with Gasteiger partial charge >= 0.3 is 0 Å². The Bertz CT molecular complexity index is 84.2. The molecule has 0 aromatic heterocycles. The van der Waals surface area contributed by atoms with Crippen molar-refractivity contribution < 1.29 is 5.11 Å². The van der Waals surface area contributed by atoms with E-state index in [0.717, 1.165) is 0 Å². The smallest absolute Gasteiger partial charge is 0.123 e. The molecule has 0 aliphatic carbocycles. The zero-order valence-electron chi connectivity index (χ0n) is 3.25. The van der Waals surface area contributed by atoms with Gasteiger partial charge in [-0.15, -0.1) is 0 Å². The first kappa shape index (κ1) is 7.57. The highest BCUT2D eigenvalue weighted by Crippen LogP contribution is 2.16. The summed E-state index contributed by atoms with van der Waals surface area (Å²) in [5.74, 6) is 0. The Hall–Kier alpha value is 0.570. The van der Waals surface area contributed by atoms with Crippen LogP contribution >= 0.6 is 34.8 Å². The lowest BCUT2D eigenvalue weighted by Gasteiger charge is -1.84. The molecule has 4 heteroatoms. The predicted octanol–water partition coefficient (Wildman–Crippen LogP) is 2.30. The van der Waals surface area contributed by atoms with E-state index < -0.39 is 6.61 Å². The average Bonchev–Trinajstić information content (AvgIpc) is 1.65. The number of rotatable bonds is 1. The van der Waals surface area contributed by atoms with Crippen molar-refractivity contribution in [2.75, 3.05) is 6.61 Å². The Morgan fingerprint density at radius 3 is 1.71 bits per heavy atom. The molecule has 0 unspecified atom stereocenters. The van der Waals surface area contributed by atoms with Gasteiger partial charge in [-0.2, -0.15) is 0 Å². The lowest BCUT2D eigenvalue weighted by Crippen LogP contribution is -1.76. The lowest BCUT2D eigenvalue weighted by atomic mass is 10.7. The highest BCUT2D eigenvalue weighted by Gasteiger charge is 1.94. The fraction of sp³-hybridized carbons (Fsp3) is 0.333. The number of halogens is 3. The molecule has 0 spiro atoms. The second-order valence-electron chi connectivity index (χ2n) is 0.810. The summed E-state index contributed by atoms with van der Waals surface area (Å²) in [6, 6.07) is 0. The largest absolute Gasteiger partial charge is 0.230 e. The molecule has 0 aromatic carbocycles. The third kappa shape index (κ3) is 3.18. The Morgan fingerprint density at radius 1 is 1.29 bits per heavy atom. The zero-order valence-corrected chi connectivity index (χ0v) is 5.52. The Balaban J connectivity index is 3.72. The van der Waals surface area contributed by atoms with Crippen LogP contribution in [0.4, 0.5) is 0 Å². The van der Waals surface area contributed by atoms with Gasteiger partial charge in [-0.3, -0.25) is 0 Å². The maximum Gasteiger partial charge on any atom is 0.123 e. The van der Waals surface area contributed by atoms with Crippen molar-refractivity contribution in [2.45, 2.75) is 0 Å². The van der Waals surface area contributed by atoms with Crippen LogP contribution in [0.5, 0.6) is 0 Å². The SMILES string of the molecule is [O]CC(Cl)=C(Cl)Cl. The maximum absolute atomic E-state index is 9.71. The van der Waals surface area contributed by atoms with Gasteiger partial charge in [0.2, 0.25) is 0 Å². The molecule has 0 amide bonds. The molecule has 0 saturated carbocycles. The summed E-state index contributed by atoms with van der Waals surface area (Å²) in [5.41, 5.74) is 0. The highest BCUT2D eigenvalue weighted by atomic mass is 35.5. The molecular formula is C3H2Cl3O. The Labute approximate surface area is 56.5 Å². The first-order valence-electron chi connectivity index (χ1n) is 1.46. The van der Waals surface area contributed by atoms with Crippen molar-refractivity contribution >= 4 is 34.8 Å². The predicted molar refractivity (Wildman–Crippen MR) is 30.1 cm³/mol. The average molecular weight is 160 g/mol. The van der Waals surface area contributed by atoms with Crippen LogP contribution in [-0.4, -0.2) is 6.61 Å². The van der Waals surface area contributed by atoms with E-state index in [1.807, 2.05) is 0 Å². The van der Waals surface area contributed by atoms with Crippen LogP contribution in [0.3, 0.4) is 0 Å². The van der Waals surface area contributed by atoms with E-state index in [9.17, 15) is 5.11 Å². The van der Waals surface area contributed by atoms with Crippen LogP contribution in [0.25, 0.3) is 0 Å². The number of hydrogen-bond acceptors (Lipinski definition) is 0. The minimum absolute atomic E-state index is 0.0386. The molecule has 0 aliphatic heterocycles. The third-order valence-corrected chi connectivity index (χ3v) is 1.28. The summed E-state index contributed by atoms with van der Waals surface area (Å²) in [7, 11) is 0. The second kappa shape index (κ2) is 3.56. The van der Waals surface area contributed by atoms with Crippen LogP contribution < -0.4 is 0 Å². The topological polar surface area (TPSA) is 19.9 Å². The van der Waals surface area contributed by atoms with Gasteiger partial charge in [0.15, 0.2) is 0 Å². The van der Waals surface area contributed by atoms with Gasteiger partial charge in [-0.25, -0.2) is 5.11 Å². The number of hydrogen-bond donors (Lipinski definition) is 0. The van der Waals surface area contributed by atoms with Gasteiger partial charge < -0.3 is 0 Å². The first-order chi connectivity index (χ1) is 3.18. The molecule has 0 aliphatic rings. The van der Waals surface area contributed by atoms with Crippen LogP contribution in [0.15, 0.2) is 9.52 Å². The minimum atomic E-state index is -0.552. The third-order valence-electron chi connectivity index (χ3n) is 0.332. The summed E-state index contributed by atoms with van der Waals surface area (Å²) in [4.78, 5) is 0. The van der Waals surface area contributed by atoms with Crippen molar-refractivity contribution in [3.8, 4) is 0 Å². The fourth-order valence-electron chi connectivity index (χ4n) is 0.0546. The summed E-state index contributed by atoms with van der Waals surface area (Å²) in [6.45, 7) is -0.552. The van der Waals surface area contributed by atoms with Gasteiger partial charge in [-0.05, 0) is 0 Å². The van der Waals surface area contributed by atoms with Gasteiger partial charge in [0.1, 0.15) is 11.1 Å². The molecule has 0 rings (SSSR count). The molecule has 41 valence electrons. The van der Waals surface area contributed by atoms with Crippen molar-refractivity contribution in [3.05, 3.63) is 9.52 Å². The molecular weight excluding hydrogens is 158 g/mol. The lowest BCUT2D eigenvalue weighted by molar-refractivity contribution is 0.229. The van der Waals surface area contributed by atoms with Gasteiger partial charge in [-0.1, -0.05) is 34.8 Å². The summed E-state index contributed by atoms with van der Waals surface area (Å²) in [5, 5.41) is 9.67. The molecule has 0 bridgehead atoms. The van der Waals surface area contributed by atoms with E-state index in [4.69, 9.17) is 34.8 Å². The molecule has 0 saturated heterocycles. The van der Waals surface area contributed by atoms with E-state index >= 15 is 0 Å². The summed E-state index contributed by atoms with van der Waals surface area (Å²) >= 11 is 15.2. The van der Waals surface area contributed by atoms with E-state index in [-0.39, 0.29) is 9.52 Å².